The number of likely N-dealkylation sites (tertiary alicyclic amines) is 1. The summed E-state index contributed by atoms with van der Waals surface area (Å²) in [5.41, 5.74) is 5.20. The molecular weight excluding hydrogens is 714 g/mol. The highest BCUT2D eigenvalue weighted by molar-refractivity contribution is 6.43. The highest BCUT2D eigenvalue weighted by Crippen LogP contribution is 2.52. The monoisotopic (exact) mass is 752 g/mol. The summed E-state index contributed by atoms with van der Waals surface area (Å²) in [4.78, 5) is 21.2. The van der Waals surface area contributed by atoms with Crippen LogP contribution >= 0.6 is 23.2 Å². The van der Waals surface area contributed by atoms with Gasteiger partial charge in [0, 0.05) is 71.0 Å². The fraction of sp³-hybridized carbons (Fsp3) is 0.475. The lowest BCUT2D eigenvalue weighted by molar-refractivity contribution is -0.133. The lowest BCUT2D eigenvalue weighted by atomic mass is 9.79. The van der Waals surface area contributed by atoms with Crippen LogP contribution in [-0.4, -0.2) is 67.7 Å². The Bertz CT molecular complexity index is 2380. The van der Waals surface area contributed by atoms with E-state index in [-0.39, 0.29) is 58.4 Å². The Hall–Kier alpha value is -4.08. The van der Waals surface area contributed by atoms with E-state index in [9.17, 15) is 10.1 Å². The van der Waals surface area contributed by atoms with E-state index in [1.165, 1.54) is 0 Å². The fourth-order valence-electron chi connectivity index (χ4n) is 9.48. The van der Waals surface area contributed by atoms with E-state index in [0.717, 1.165) is 48.1 Å². The number of nitrogens with zero attached hydrogens (tertiary/aromatic N) is 7. The highest BCUT2D eigenvalue weighted by Gasteiger charge is 2.51. The smallest absolute Gasteiger partial charge is 0.226 e. The van der Waals surface area contributed by atoms with Crippen molar-refractivity contribution < 1.29 is 13.9 Å². The molecule has 6 aliphatic rings. The average Bonchev–Trinajstić information content (AvgIpc) is 3.63. The lowest BCUT2D eigenvalue weighted by Crippen LogP contribution is -2.44. The number of halogens is 3. The van der Waals surface area contributed by atoms with Gasteiger partial charge in [-0.1, -0.05) is 40.5 Å². The van der Waals surface area contributed by atoms with E-state index < -0.39 is 5.82 Å². The zero-order valence-electron chi connectivity index (χ0n) is 29.6. The molecule has 0 radical (unpaired) electrons. The number of ether oxygens (including phenoxy) is 1. The SMILES string of the molecule is Cc1nc2c(F)c(-c3cccc(Cl)c3Cl)c(CCC#N)cc2c2c1cc(C1CC(n3cc(C4(C)COC4)nn3)CN1C(=O)C1CC1)n2C1C2CNC1C2. The van der Waals surface area contributed by atoms with E-state index in [4.69, 9.17) is 32.9 Å². The molecule has 0 spiro atoms. The maximum absolute atomic E-state index is 17.2. The third kappa shape index (κ3) is 5.09. The Morgan fingerprint density at radius 3 is 2.72 bits per heavy atom. The molecule has 2 saturated carbocycles. The number of hydrogen-bond acceptors (Lipinski definition) is 7. The summed E-state index contributed by atoms with van der Waals surface area (Å²) in [6.07, 6.45) is 6.17. The molecule has 53 heavy (non-hydrogen) atoms. The maximum Gasteiger partial charge on any atom is 0.226 e. The van der Waals surface area contributed by atoms with Crippen LogP contribution in [0.4, 0.5) is 4.39 Å². The molecule has 4 saturated heterocycles. The molecule has 4 aliphatic heterocycles. The number of rotatable bonds is 8. The molecule has 6 fully saturated rings. The topological polar surface area (TPSA) is 114 Å². The maximum atomic E-state index is 17.2. The number of nitriles is 1. The van der Waals surface area contributed by atoms with Crippen LogP contribution in [0.25, 0.3) is 32.9 Å². The van der Waals surface area contributed by atoms with Gasteiger partial charge in [-0.05, 0) is 75.6 Å². The van der Waals surface area contributed by atoms with Crippen molar-refractivity contribution in [3.63, 3.8) is 0 Å². The number of carbonyl (C=O) groups excluding carboxylic acids is 1. The molecule has 7 heterocycles. The van der Waals surface area contributed by atoms with Crippen LogP contribution in [0, 0.1) is 35.9 Å². The first-order valence-electron chi connectivity index (χ1n) is 18.7. The van der Waals surface area contributed by atoms with Crippen molar-refractivity contribution in [1.29, 1.82) is 5.26 Å². The predicted molar refractivity (Wildman–Crippen MR) is 199 cm³/mol. The van der Waals surface area contributed by atoms with E-state index in [0.29, 0.717) is 71.3 Å². The molecule has 2 bridgehead atoms. The van der Waals surface area contributed by atoms with Crippen molar-refractivity contribution in [1.82, 2.24) is 34.8 Å². The zero-order valence-corrected chi connectivity index (χ0v) is 31.1. The Balaban J connectivity index is 1.18. The van der Waals surface area contributed by atoms with Crippen LogP contribution in [0.1, 0.15) is 79.8 Å². The van der Waals surface area contributed by atoms with Gasteiger partial charge in [0.2, 0.25) is 5.91 Å². The van der Waals surface area contributed by atoms with Crippen molar-refractivity contribution in [2.24, 2.45) is 11.8 Å². The number of aromatic nitrogens is 5. The molecule has 5 atom stereocenters. The molecular formula is C40H39Cl2FN8O2. The van der Waals surface area contributed by atoms with Gasteiger partial charge in [0.15, 0.2) is 5.82 Å². The molecule has 1 N–H and O–H groups in total. The molecule has 10 nitrogen and oxygen atoms in total. The van der Waals surface area contributed by atoms with Gasteiger partial charge >= 0.3 is 0 Å². The third-order valence-corrected chi connectivity index (χ3v) is 13.4. The normalized spacial score (nSPS) is 25.9. The number of amides is 1. The summed E-state index contributed by atoms with van der Waals surface area (Å²) in [6, 6.07) is 11.8. The number of aryl methyl sites for hydroxylation is 2. The summed E-state index contributed by atoms with van der Waals surface area (Å²) in [7, 11) is 0. The lowest BCUT2D eigenvalue weighted by Gasteiger charge is -2.39. The second-order valence-electron chi connectivity index (χ2n) is 16.1. The summed E-state index contributed by atoms with van der Waals surface area (Å²) < 4.78 is 27.1. The quantitative estimate of drug-likeness (QED) is 0.176. The van der Waals surface area contributed by atoms with Gasteiger partial charge in [0.25, 0.3) is 0 Å². The van der Waals surface area contributed by atoms with Crippen molar-refractivity contribution >= 4 is 50.9 Å². The second kappa shape index (κ2) is 12.2. The number of pyridine rings is 1. The zero-order chi connectivity index (χ0) is 36.3. The van der Waals surface area contributed by atoms with Crippen LogP contribution in [0.2, 0.25) is 10.0 Å². The summed E-state index contributed by atoms with van der Waals surface area (Å²) in [5.74, 6) is 0.174. The van der Waals surface area contributed by atoms with E-state index in [1.54, 1.807) is 18.2 Å². The number of benzene rings is 2. The molecule has 2 aliphatic carbocycles. The molecule has 11 rings (SSSR count). The van der Waals surface area contributed by atoms with Gasteiger partial charge in [-0.25, -0.2) is 14.1 Å². The van der Waals surface area contributed by atoms with E-state index in [2.05, 4.69) is 44.2 Å². The molecule has 5 aromatic rings. The fourth-order valence-corrected chi connectivity index (χ4v) is 9.88. The van der Waals surface area contributed by atoms with Gasteiger partial charge in [-0.3, -0.25) is 4.79 Å². The Kier molecular flexibility index (Phi) is 7.72. The van der Waals surface area contributed by atoms with Crippen molar-refractivity contribution in [2.45, 2.75) is 82.0 Å². The molecule has 1 amide bonds. The first-order valence-corrected chi connectivity index (χ1v) is 19.4. The minimum atomic E-state index is -0.479. The molecule has 2 aromatic carbocycles. The van der Waals surface area contributed by atoms with Gasteiger partial charge in [0.1, 0.15) is 5.52 Å². The van der Waals surface area contributed by atoms with Gasteiger partial charge in [-0.2, -0.15) is 5.26 Å². The van der Waals surface area contributed by atoms with Gasteiger partial charge < -0.3 is 19.5 Å². The molecule has 3 aromatic heterocycles. The average molecular weight is 754 g/mol. The summed E-state index contributed by atoms with van der Waals surface area (Å²) in [6.45, 7) is 6.78. The number of fused-ring (bicyclic) bond motifs is 4. The van der Waals surface area contributed by atoms with Crippen molar-refractivity contribution in [2.75, 3.05) is 26.3 Å². The summed E-state index contributed by atoms with van der Waals surface area (Å²) in [5, 5.41) is 24.7. The molecule has 5 unspecified atom stereocenters. The first-order chi connectivity index (χ1) is 25.6. The van der Waals surface area contributed by atoms with Crippen LogP contribution in [0.3, 0.4) is 0 Å². The Morgan fingerprint density at radius 2 is 2.02 bits per heavy atom. The van der Waals surface area contributed by atoms with Crippen LogP contribution < -0.4 is 5.32 Å². The van der Waals surface area contributed by atoms with E-state index >= 15 is 4.39 Å². The summed E-state index contributed by atoms with van der Waals surface area (Å²) >= 11 is 13.1. The number of hydrogen-bond donors (Lipinski definition) is 1. The van der Waals surface area contributed by atoms with Crippen LogP contribution in [-0.2, 0) is 21.4 Å². The standard InChI is InChI=1S/C40H39Cl2FN8O2/c1-20-26-14-31(30-13-24(16-49(30)39(52)21-8-9-21)50-17-32(47-48-50)40(2)18-53-19-40)51(37-23-12-29(37)45-15-23)38(26)27-11-22(5-4-10-44)33(35(43)36(27)46-20)25-6-3-7-28(41)34(25)42/h3,6-7,11,14,17,21,23-24,29-30,37,45H,4-5,8-9,12-13,15-16,18-19H2,1-2H3. The van der Waals surface area contributed by atoms with Crippen molar-refractivity contribution in [3.05, 3.63) is 75.0 Å². The second-order valence-corrected chi connectivity index (χ2v) is 16.9. The highest BCUT2D eigenvalue weighted by atomic mass is 35.5. The number of carbonyl (C=O) groups is 1. The molecule has 13 heteroatoms. The molecule has 272 valence electrons. The van der Waals surface area contributed by atoms with E-state index in [1.807, 2.05) is 23.9 Å². The van der Waals surface area contributed by atoms with Gasteiger partial charge in [0.05, 0.1) is 64.1 Å². The van der Waals surface area contributed by atoms with Crippen LogP contribution in [0.15, 0.2) is 36.5 Å². The largest absolute Gasteiger partial charge is 0.379 e. The Labute approximate surface area is 316 Å². The third-order valence-electron chi connectivity index (χ3n) is 12.6. The van der Waals surface area contributed by atoms with Crippen molar-refractivity contribution in [3.8, 4) is 17.2 Å². The minimum absolute atomic E-state index is 0.0470. The van der Waals surface area contributed by atoms with Crippen LogP contribution in [0.5, 0.6) is 0 Å². The first kappa shape index (κ1) is 33.5. The predicted octanol–water partition coefficient (Wildman–Crippen LogP) is 7.40. The Morgan fingerprint density at radius 1 is 1.19 bits per heavy atom. The van der Waals surface area contributed by atoms with Gasteiger partial charge in [-0.15, -0.1) is 5.10 Å². The number of nitrogens with one attached hydrogen (secondary N) is 1. The minimum Gasteiger partial charge on any atom is -0.379 e.